The van der Waals surface area contributed by atoms with Crippen LogP contribution in [0, 0.1) is 0 Å². The van der Waals surface area contributed by atoms with Gasteiger partial charge >= 0.3 is 24.0 Å². The van der Waals surface area contributed by atoms with Gasteiger partial charge in [0.2, 0.25) is 10.0 Å². The summed E-state index contributed by atoms with van der Waals surface area (Å²) in [7, 11) is -3.00. The first-order valence-electron chi connectivity index (χ1n) is 11.3. The van der Waals surface area contributed by atoms with Crippen LogP contribution in [0.3, 0.4) is 0 Å². The largest absolute Gasteiger partial charge is 0.469 e. The number of alkyl halides is 7. The topological polar surface area (TPSA) is 72.5 Å². The van der Waals surface area contributed by atoms with E-state index in [1.54, 1.807) is 12.1 Å². The fraction of sp³-hybridized carbons (Fsp3) is 0.458. The van der Waals surface area contributed by atoms with Gasteiger partial charge in [-0.25, -0.2) is 13.1 Å². The van der Waals surface area contributed by atoms with Crippen LogP contribution in [0.1, 0.15) is 49.3 Å². The number of esters is 1. The average molecular weight is 592 g/mol. The molecule has 2 aromatic carbocycles. The number of hydrogen-bond acceptors (Lipinski definition) is 4. The molecule has 2 rings (SSSR count). The van der Waals surface area contributed by atoms with E-state index in [4.69, 9.17) is 11.6 Å². The van der Waals surface area contributed by atoms with Crippen LogP contribution in [0.15, 0.2) is 53.4 Å². The Bertz CT molecular complexity index is 1170. The molecule has 38 heavy (non-hydrogen) atoms. The maximum Gasteiger partial charge on any atom is 0.459 e. The molecule has 1 atom stereocenters. The van der Waals surface area contributed by atoms with Crippen molar-refractivity contribution in [3.63, 3.8) is 0 Å². The minimum absolute atomic E-state index is 0.165. The number of ether oxygens (including phenoxy) is 1. The van der Waals surface area contributed by atoms with E-state index in [2.05, 4.69) is 9.46 Å². The van der Waals surface area contributed by atoms with Gasteiger partial charge in [0.1, 0.15) is 0 Å². The van der Waals surface area contributed by atoms with Crippen molar-refractivity contribution in [2.75, 3.05) is 7.11 Å². The zero-order valence-electron chi connectivity index (χ0n) is 20.0. The number of halogens is 8. The van der Waals surface area contributed by atoms with Gasteiger partial charge in [-0.3, -0.25) is 4.79 Å². The molecule has 0 fully saturated rings. The van der Waals surface area contributed by atoms with Crippen molar-refractivity contribution >= 4 is 27.6 Å². The van der Waals surface area contributed by atoms with Gasteiger partial charge in [0.25, 0.3) is 0 Å². The Morgan fingerprint density at radius 2 is 1.53 bits per heavy atom. The van der Waals surface area contributed by atoms with Crippen molar-refractivity contribution in [2.45, 2.75) is 67.5 Å². The zero-order chi connectivity index (χ0) is 28.8. The lowest BCUT2D eigenvalue weighted by Crippen LogP contribution is -2.51. The number of hydrogen-bond donors (Lipinski definition) is 1. The first kappa shape index (κ1) is 31.8. The van der Waals surface area contributed by atoms with Gasteiger partial charge in [-0.2, -0.15) is 30.7 Å². The van der Waals surface area contributed by atoms with Crippen LogP contribution < -0.4 is 4.72 Å². The summed E-state index contributed by atoms with van der Waals surface area (Å²) in [6.45, 7) is 0. The third-order valence-electron chi connectivity index (χ3n) is 5.68. The van der Waals surface area contributed by atoms with Crippen LogP contribution in [0.25, 0.3) is 0 Å². The fourth-order valence-electron chi connectivity index (χ4n) is 3.51. The van der Waals surface area contributed by atoms with Gasteiger partial charge in [0.15, 0.2) is 0 Å². The fourth-order valence-corrected chi connectivity index (χ4v) is 4.90. The van der Waals surface area contributed by atoms with Crippen LogP contribution in [-0.2, 0) is 26.0 Å². The van der Waals surface area contributed by atoms with Crippen molar-refractivity contribution in [3.05, 3.63) is 64.7 Å². The maximum atomic E-state index is 13.8. The molecule has 0 aliphatic carbocycles. The predicted octanol–water partition coefficient (Wildman–Crippen LogP) is 6.86. The number of methoxy groups -OCH3 is 1. The highest BCUT2D eigenvalue weighted by Gasteiger charge is 2.72. The van der Waals surface area contributed by atoms with Crippen LogP contribution in [0.2, 0.25) is 5.02 Å². The summed E-state index contributed by atoms with van der Waals surface area (Å²) in [5, 5.41) is 0.246. The number of rotatable bonds is 13. The third-order valence-corrected chi connectivity index (χ3v) is 7.42. The molecule has 1 N–H and O–H groups in total. The summed E-state index contributed by atoms with van der Waals surface area (Å²) in [5.41, 5.74) is 1.03. The maximum absolute atomic E-state index is 13.8. The molecule has 0 aliphatic heterocycles. The Morgan fingerprint density at radius 3 is 2.05 bits per heavy atom. The lowest BCUT2D eigenvalue weighted by Gasteiger charge is -2.28. The molecule has 0 amide bonds. The molecule has 5 nitrogen and oxygen atoms in total. The summed E-state index contributed by atoms with van der Waals surface area (Å²) < 4.78 is 124. The van der Waals surface area contributed by atoms with E-state index in [-0.39, 0.29) is 21.9 Å². The lowest BCUT2D eigenvalue weighted by atomic mass is 9.97. The molecule has 0 bridgehead atoms. The van der Waals surface area contributed by atoms with Crippen LogP contribution >= 0.6 is 11.6 Å². The second kappa shape index (κ2) is 12.6. The molecule has 2 aromatic rings. The molecule has 0 aromatic heterocycles. The number of benzene rings is 2. The summed E-state index contributed by atoms with van der Waals surface area (Å²) in [4.78, 5) is 11.0. The van der Waals surface area contributed by atoms with Gasteiger partial charge < -0.3 is 4.74 Å². The highest BCUT2D eigenvalue weighted by molar-refractivity contribution is 7.89. The zero-order valence-corrected chi connectivity index (χ0v) is 21.6. The van der Waals surface area contributed by atoms with E-state index >= 15 is 0 Å². The van der Waals surface area contributed by atoms with Crippen LogP contribution in [-0.4, -0.2) is 39.5 Å². The lowest BCUT2D eigenvalue weighted by molar-refractivity contribution is -0.355. The van der Waals surface area contributed by atoms with Crippen LogP contribution in [0.5, 0.6) is 0 Å². The second-order valence-electron chi connectivity index (χ2n) is 8.47. The van der Waals surface area contributed by atoms with Gasteiger partial charge in [0, 0.05) is 23.9 Å². The van der Waals surface area contributed by atoms with Crippen molar-refractivity contribution in [1.82, 2.24) is 4.72 Å². The Labute approximate surface area is 220 Å². The predicted molar refractivity (Wildman–Crippen MR) is 126 cm³/mol. The van der Waals surface area contributed by atoms with Crippen molar-refractivity contribution in [2.24, 2.45) is 0 Å². The molecular formula is C24H25ClF7NO4S. The highest BCUT2D eigenvalue weighted by atomic mass is 35.5. The first-order valence-corrected chi connectivity index (χ1v) is 13.1. The van der Waals surface area contributed by atoms with E-state index in [1.807, 2.05) is 0 Å². The summed E-state index contributed by atoms with van der Waals surface area (Å²) in [6.07, 6.45) is -8.54. The minimum Gasteiger partial charge on any atom is -0.469 e. The van der Waals surface area contributed by atoms with Crippen molar-refractivity contribution < 1.29 is 48.7 Å². The molecule has 14 heteroatoms. The summed E-state index contributed by atoms with van der Waals surface area (Å²) in [6, 6.07) is 9.90. The van der Waals surface area contributed by atoms with Gasteiger partial charge in [0.05, 0.1) is 12.0 Å². The van der Waals surface area contributed by atoms with Crippen LogP contribution in [0.4, 0.5) is 30.7 Å². The Kier molecular flexibility index (Phi) is 10.6. The number of carbonyl (C=O) groups excluding carboxylic acids is 1. The smallest absolute Gasteiger partial charge is 0.459 e. The minimum atomic E-state index is -6.45. The summed E-state index contributed by atoms with van der Waals surface area (Å²) >= 11 is 5.77. The van der Waals surface area contributed by atoms with E-state index in [1.165, 1.54) is 43.5 Å². The molecule has 0 radical (unpaired) electrons. The van der Waals surface area contributed by atoms with E-state index in [0.717, 1.165) is 5.56 Å². The van der Waals surface area contributed by atoms with Gasteiger partial charge in [-0.1, -0.05) is 35.9 Å². The van der Waals surface area contributed by atoms with Crippen molar-refractivity contribution in [1.29, 1.82) is 0 Å². The standard InChI is InChI=1S/C24H25ClF7NO4S/c1-37-21(34)6-2-4-16-7-9-17(10-8-16)20(33-38(35,36)19-13-11-18(25)12-14-19)5-3-15-22(26,27)23(28,29)24(30,31)32/h7-14,20,33H,2-6,15H2,1H3. The van der Waals surface area contributed by atoms with E-state index < -0.39 is 59.3 Å². The second-order valence-corrected chi connectivity index (χ2v) is 10.6. The molecule has 212 valence electrons. The Balaban J connectivity index is 2.23. The summed E-state index contributed by atoms with van der Waals surface area (Å²) in [5.74, 6) is -12.0. The number of aryl methyl sites for hydroxylation is 1. The molecular weight excluding hydrogens is 567 g/mol. The SMILES string of the molecule is COC(=O)CCCc1ccc(C(CCCC(F)(F)C(F)(F)C(F)(F)F)NS(=O)(=O)c2ccc(Cl)cc2)cc1. The third kappa shape index (κ3) is 8.31. The highest BCUT2D eigenvalue weighted by Crippen LogP contribution is 2.48. The number of sulfonamides is 1. The molecule has 0 heterocycles. The van der Waals surface area contributed by atoms with E-state index in [0.29, 0.717) is 12.8 Å². The normalized spacial score (nSPS) is 13.8. The molecule has 0 aliphatic rings. The quantitative estimate of drug-likeness (QED) is 0.204. The van der Waals surface area contributed by atoms with Gasteiger partial charge in [-0.15, -0.1) is 0 Å². The monoisotopic (exact) mass is 591 g/mol. The van der Waals surface area contributed by atoms with Gasteiger partial charge in [-0.05, 0) is 61.1 Å². The Hall–Kier alpha value is -2.38. The molecule has 1 unspecified atom stereocenters. The number of carbonyl (C=O) groups is 1. The van der Waals surface area contributed by atoms with Crippen molar-refractivity contribution in [3.8, 4) is 0 Å². The molecule has 0 saturated heterocycles. The van der Waals surface area contributed by atoms with E-state index in [9.17, 15) is 43.9 Å². The first-order chi connectivity index (χ1) is 17.5. The number of nitrogens with one attached hydrogen (secondary N) is 1. The Morgan fingerprint density at radius 1 is 0.947 bits per heavy atom. The molecule has 0 saturated carbocycles. The molecule has 0 spiro atoms. The average Bonchev–Trinajstić information content (AvgIpc) is 2.83.